The molecule has 84 valence electrons. The van der Waals surface area contributed by atoms with E-state index in [-0.39, 0.29) is 12.1 Å². The van der Waals surface area contributed by atoms with Gasteiger partial charge in [-0.15, -0.1) is 5.10 Å². The smallest absolute Gasteiger partial charge is 0.302 e. The maximum absolute atomic E-state index is 10.8. The number of hydrogen-bond acceptors (Lipinski definition) is 4. The molecule has 0 spiro atoms. The number of aromatic nitrogens is 3. The van der Waals surface area contributed by atoms with E-state index in [1.807, 2.05) is 31.2 Å². The largest absolute Gasteiger partial charge is 0.461 e. The molecule has 0 aliphatic heterocycles. The highest BCUT2D eigenvalue weighted by Gasteiger charge is 2.09. The van der Waals surface area contributed by atoms with Crippen LogP contribution in [0.15, 0.2) is 24.3 Å². The summed E-state index contributed by atoms with van der Waals surface area (Å²) >= 11 is 0. The molecule has 0 N–H and O–H groups in total. The fourth-order valence-corrected chi connectivity index (χ4v) is 1.62. The Morgan fingerprint density at radius 1 is 1.50 bits per heavy atom. The van der Waals surface area contributed by atoms with Gasteiger partial charge >= 0.3 is 5.97 Å². The monoisotopic (exact) mass is 219 g/mol. The third-order valence-electron chi connectivity index (χ3n) is 2.22. The van der Waals surface area contributed by atoms with Gasteiger partial charge in [0.05, 0.1) is 12.1 Å². The summed E-state index contributed by atoms with van der Waals surface area (Å²) in [6, 6.07) is 7.68. The van der Waals surface area contributed by atoms with E-state index >= 15 is 0 Å². The van der Waals surface area contributed by atoms with E-state index < -0.39 is 0 Å². The van der Waals surface area contributed by atoms with Crippen molar-refractivity contribution in [2.75, 3.05) is 0 Å². The van der Waals surface area contributed by atoms with Gasteiger partial charge in [-0.25, -0.2) is 4.68 Å². The minimum absolute atomic E-state index is 0.206. The molecule has 5 heteroatoms. The lowest BCUT2D eigenvalue weighted by Crippen LogP contribution is -2.19. The van der Waals surface area contributed by atoms with Crippen molar-refractivity contribution in [3.8, 4) is 0 Å². The van der Waals surface area contributed by atoms with E-state index in [9.17, 15) is 4.79 Å². The zero-order valence-electron chi connectivity index (χ0n) is 9.25. The van der Waals surface area contributed by atoms with Crippen molar-refractivity contribution in [2.24, 2.45) is 0 Å². The molecule has 0 bridgehead atoms. The molecule has 0 radical (unpaired) electrons. The van der Waals surface area contributed by atoms with Crippen molar-refractivity contribution in [3.63, 3.8) is 0 Å². The summed E-state index contributed by atoms with van der Waals surface area (Å²) in [7, 11) is 0. The Morgan fingerprint density at radius 3 is 3.00 bits per heavy atom. The molecule has 0 aliphatic carbocycles. The molecule has 2 rings (SSSR count). The number of hydrogen-bond donors (Lipinski definition) is 0. The van der Waals surface area contributed by atoms with Gasteiger partial charge in [0.1, 0.15) is 11.6 Å². The van der Waals surface area contributed by atoms with Crippen LogP contribution >= 0.6 is 0 Å². The number of benzene rings is 1. The molecule has 5 nitrogen and oxygen atoms in total. The third-order valence-corrected chi connectivity index (χ3v) is 2.22. The fraction of sp³-hybridized carbons (Fsp3) is 0.364. The van der Waals surface area contributed by atoms with Gasteiger partial charge in [0.25, 0.3) is 0 Å². The van der Waals surface area contributed by atoms with Crippen molar-refractivity contribution in [3.05, 3.63) is 24.3 Å². The Balaban J connectivity index is 2.18. The summed E-state index contributed by atoms with van der Waals surface area (Å²) in [6.45, 7) is 3.74. The summed E-state index contributed by atoms with van der Waals surface area (Å²) in [6.07, 6.45) is -0.206. The lowest BCUT2D eigenvalue weighted by Gasteiger charge is -2.11. The highest BCUT2D eigenvalue weighted by molar-refractivity contribution is 5.73. The number of esters is 1. The maximum Gasteiger partial charge on any atom is 0.302 e. The average molecular weight is 219 g/mol. The van der Waals surface area contributed by atoms with Crippen molar-refractivity contribution in [1.29, 1.82) is 0 Å². The second kappa shape index (κ2) is 4.30. The Morgan fingerprint density at radius 2 is 2.25 bits per heavy atom. The molecule has 0 aliphatic rings. The van der Waals surface area contributed by atoms with Gasteiger partial charge in [0.2, 0.25) is 0 Å². The van der Waals surface area contributed by atoms with Gasteiger partial charge in [-0.05, 0) is 19.1 Å². The first kappa shape index (κ1) is 10.6. The highest BCUT2D eigenvalue weighted by Crippen LogP contribution is 2.10. The maximum atomic E-state index is 10.8. The van der Waals surface area contributed by atoms with Crippen LogP contribution in [0.5, 0.6) is 0 Å². The van der Waals surface area contributed by atoms with Crippen molar-refractivity contribution >= 4 is 17.0 Å². The molecule has 2 aromatic rings. The summed E-state index contributed by atoms with van der Waals surface area (Å²) in [5.41, 5.74) is 1.79. The van der Waals surface area contributed by atoms with Crippen LogP contribution in [0.4, 0.5) is 0 Å². The molecule has 1 heterocycles. The van der Waals surface area contributed by atoms with Crippen LogP contribution in [0, 0.1) is 0 Å². The first-order valence-electron chi connectivity index (χ1n) is 5.12. The van der Waals surface area contributed by atoms with Crippen LogP contribution in [0.2, 0.25) is 0 Å². The van der Waals surface area contributed by atoms with E-state index in [1.165, 1.54) is 6.92 Å². The first-order valence-corrected chi connectivity index (χ1v) is 5.12. The number of fused-ring (bicyclic) bond motifs is 1. The van der Waals surface area contributed by atoms with Crippen LogP contribution in [0.25, 0.3) is 11.0 Å². The van der Waals surface area contributed by atoms with Gasteiger partial charge in [-0.1, -0.05) is 17.3 Å². The van der Waals surface area contributed by atoms with Gasteiger partial charge < -0.3 is 4.74 Å². The Labute approximate surface area is 93.0 Å². The van der Waals surface area contributed by atoms with E-state index in [1.54, 1.807) is 4.68 Å². The first-order chi connectivity index (χ1) is 7.66. The number of carbonyl (C=O) groups is 1. The molecule has 0 amide bonds. The molecule has 1 aromatic heterocycles. The van der Waals surface area contributed by atoms with Crippen molar-refractivity contribution in [2.45, 2.75) is 26.5 Å². The zero-order valence-corrected chi connectivity index (χ0v) is 9.25. The van der Waals surface area contributed by atoms with Gasteiger partial charge in [-0.3, -0.25) is 4.79 Å². The number of ether oxygens (including phenoxy) is 1. The molecule has 16 heavy (non-hydrogen) atoms. The van der Waals surface area contributed by atoms with Crippen LogP contribution in [0.3, 0.4) is 0 Å². The SMILES string of the molecule is CC(=O)O[C@H](C)Cn1nnc2ccccc21. The summed E-state index contributed by atoms with van der Waals surface area (Å²) < 4.78 is 6.78. The molecule has 0 saturated carbocycles. The number of carbonyl (C=O) groups excluding carboxylic acids is 1. The number of rotatable bonds is 3. The van der Waals surface area contributed by atoms with E-state index in [4.69, 9.17) is 4.74 Å². The molecule has 1 aromatic carbocycles. The Hall–Kier alpha value is -1.91. The standard InChI is InChI=1S/C11H13N3O2/c1-8(16-9(2)15)7-14-11-6-4-3-5-10(11)12-13-14/h3-6,8H,7H2,1-2H3/t8-/m1/s1. The van der Waals surface area contributed by atoms with Crippen molar-refractivity contribution < 1.29 is 9.53 Å². The van der Waals surface area contributed by atoms with Crippen LogP contribution in [-0.2, 0) is 16.1 Å². The van der Waals surface area contributed by atoms with E-state index in [0.29, 0.717) is 6.54 Å². The normalized spacial score (nSPS) is 12.6. The Kier molecular flexibility index (Phi) is 2.85. The minimum atomic E-state index is -0.281. The molecule has 0 fully saturated rings. The van der Waals surface area contributed by atoms with E-state index in [0.717, 1.165) is 11.0 Å². The van der Waals surface area contributed by atoms with Gasteiger partial charge in [0.15, 0.2) is 0 Å². The topological polar surface area (TPSA) is 57.0 Å². The number of para-hydroxylation sites is 1. The van der Waals surface area contributed by atoms with Gasteiger partial charge in [-0.2, -0.15) is 0 Å². The summed E-state index contributed by atoms with van der Waals surface area (Å²) in [5.74, 6) is -0.281. The van der Waals surface area contributed by atoms with Crippen molar-refractivity contribution in [1.82, 2.24) is 15.0 Å². The highest BCUT2D eigenvalue weighted by atomic mass is 16.5. The quantitative estimate of drug-likeness (QED) is 0.732. The predicted molar refractivity (Wildman–Crippen MR) is 58.8 cm³/mol. The third kappa shape index (κ3) is 2.18. The number of nitrogens with zero attached hydrogens (tertiary/aromatic N) is 3. The lowest BCUT2D eigenvalue weighted by atomic mass is 10.3. The van der Waals surface area contributed by atoms with E-state index in [2.05, 4.69) is 10.3 Å². The second-order valence-corrected chi connectivity index (χ2v) is 3.68. The molecule has 0 saturated heterocycles. The predicted octanol–water partition coefficient (Wildman–Crippen LogP) is 1.38. The lowest BCUT2D eigenvalue weighted by molar-refractivity contribution is -0.146. The zero-order chi connectivity index (χ0) is 11.5. The fourth-order valence-electron chi connectivity index (χ4n) is 1.62. The summed E-state index contributed by atoms with van der Waals surface area (Å²) in [5, 5.41) is 8.04. The summed E-state index contributed by atoms with van der Waals surface area (Å²) in [4.78, 5) is 10.8. The van der Waals surface area contributed by atoms with Crippen LogP contribution < -0.4 is 0 Å². The minimum Gasteiger partial charge on any atom is -0.461 e. The van der Waals surface area contributed by atoms with Crippen LogP contribution in [-0.4, -0.2) is 27.1 Å². The molecular weight excluding hydrogens is 206 g/mol. The van der Waals surface area contributed by atoms with Gasteiger partial charge in [0, 0.05) is 6.92 Å². The average Bonchev–Trinajstić information content (AvgIpc) is 2.61. The molecule has 1 atom stereocenters. The molecule has 0 unspecified atom stereocenters. The second-order valence-electron chi connectivity index (χ2n) is 3.68. The molecular formula is C11H13N3O2. The Bertz CT molecular complexity index is 507. The van der Waals surface area contributed by atoms with Crippen LogP contribution in [0.1, 0.15) is 13.8 Å².